The second-order valence-electron chi connectivity index (χ2n) is 6.72. The van der Waals surface area contributed by atoms with E-state index in [0.717, 1.165) is 63.6 Å². The average Bonchev–Trinajstić information content (AvgIpc) is 3.10. The van der Waals surface area contributed by atoms with Crippen molar-refractivity contribution in [2.45, 2.75) is 52.1 Å². The van der Waals surface area contributed by atoms with Gasteiger partial charge in [-0.25, -0.2) is 0 Å². The molecule has 0 atom stereocenters. The predicted molar refractivity (Wildman–Crippen MR) is 107 cm³/mol. The van der Waals surface area contributed by atoms with Crippen LogP contribution in [0.2, 0.25) is 0 Å². The highest BCUT2D eigenvalue weighted by atomic mass is 16.5. The van der Waals surface area contributed by atoms with Crippen molar-refractivity contribution in [1.29, 1.82) is 0 Å². The molecule has 0 spiro atoms. The van der Waals surface area contributed by atoms with E-state index in [1.54, 1.807) is 6.26 Å². The molecule has 27 heavy (non-hydrogen) atoms. The number of ether oxygens (including phenoxy) is 1. The Balaban J connectivity index is 1.57. The molecule has 0 radical (unpaired) electrons. The molecule has 1 aromatic heterocycles. The first kappa shape index (κ1) is 21.3. The number of hydrogen-bond acceptors (Lipinski definition) is 4. The highest BCUT2D eigenvalue weighted by molar-refractivity contribution is 5.79. The molecule has 7 nitrogen and oxygen atoms in total. The Kier molecular flexibility index (Phi) is 10.4. The van der Waals surface area contributed by atoms with Crippen LogP contribution >= 0.6 is 0 Å². The summed E-state index contributed by atoms with van der Waals surface area (Å²) >= 11 is 0. The van der Waals surface area contributed by atoms with Crippen molar-refractivity contribution < 1.29 is 13.9 Å². The number of nitrogens with zero attached hydrogens (tertiary/aromatic N) is 2. The van der Waals surface area contributed by atoms with Gasteiger partial charge < -0.3 is 24.7 Å². The summed E-state index contributed by atoms with van der Waals surface area (Å²) in [7, 11) is 0. The molecule has 0 saturated carbocycles. The highest BCUT2D eigenvalue weighted by Gasteiger charge is 2.15. The van der Waals surface area contributed by atoms with Crippen LogP contribution in [0.15, 0.2) is 27.8 Å². The van der Waals surface area contributed by atoms with E-state index in [1.807, 2.05) is 17.0 Å². The van der Waals surface area contributed by atoms with Crippen molar-refractivity contribution in [2.24, 2.45) is 4.99 Å². The third kappa shape index (κ3) is 8.95. The Bertz CT molecular complexity index is 545. The minimum atomic E-state index is 0.302. The summed E-state index contributed by atoms with van der Waals surface area (Å²) in [5.74, 6) is 1.97. The molecule has 2 rings (SSSR count). The maximum atomic E-state index is 12.0. The van der Waals surface area contributed by atoms with Gasteiger partial charge in [0.1, 0.15) is 12.4 Å². The summed E-state index contributed by atoms with van der Waals surface area (Å²) in [6.07, 6.45) is 7.48. The van der Waals surface area contributed by atoms with Crippen LogP contribution in [0.3, 0.4) is 0 Å². The van der Waals surface area contributed by atoms with Crippen molar-refractivity contribution >= 4 is 11.9 Å². The number of amides is 1. The summed E-state index contributed by atoms with van der Waals surface area (Å²) in [5.41, 5.74) is 0. The zero-order chi connectivity index (χ0) is 19.2. The maximum absolute atomic E-state index is 12.0. The van der Waals surface area contributed by atoms with Crippen LogP contribution in [0.5, 0.6) is 0 Å². The number of guanidine groups is 1. The van der Waals surface area contributed by atoms with Crippen LogP contribution < -0.4 is 10.6 Å². The van der Waals surface area contributed by atoms with Gasteiger partial charge in [-0.2, -0.15) is 0 Å². The second kappa shape index (κ2) is 13.2. The van der Waals surface area contributed by atoms with Crippen molar-refractivity contribution in [3.63, 3.8) is 0 Å². The first-order chi connectivity index (χ1) is 13.3. The summed E-state index contributed by atoms with van der Waals surface area (Å²) in [6.45, 7) is 7.29. The van der Waals surface area contributed by atoms with E-state index in [4.69, 9.17) is 9.15 Å². The number of nitrogens with one attached hydrogen (secondary N) is 2. The van der Waals surface area contributed by atoms with Crippen LogP contribution in [0.25, 0.3) is 0 Å². The lowest BCUT2D eigenvalue weighted by atomic mass is 10.2. The summed E-state index contributed by atoms with van der Waals surface area (Å²) < 4.78 is 10.8. The fourth-order valence-corrected chi connectivity index (χ4v) is 3.02. The summed E-state index contributed by atoms with van der Waals surface area (Å²) in [4.78, 5) is 18.6. The number of hydrogen-bond donors (Lipinski definition) is 2. The number of carbonyl (C=O) groups is 1. The molecule has 7 heteroatoms. The number of carbonyl (C=O) groups excluding carboxylic acids is 1. The van der Waals surface area contributed by atoms with Crippen molar-refractivity contribution in [3.8, 4) is 0 Å². The van der Waals surface area contributed by atoms with Gasteiger partial charge in [-0.15, -0.1) is 0 Å². The van der Waals surface area contributed by atoms with Crippen molar-refractivity contribution in [1.82, 2.24) is 15.5 Å². The molecular weight excluding hydrogens is 344 g/mol. The average molecular weight is 379 g/mol. The maximum Gasteiger partial charge on any atom is 0.222 e. The van der Waals surface area contributed by atoms with E-state index in [-0.39, 0.29) is 0 Å². The number of likely N-dealkylation sites (tertiary alicyclic amines) is 1. The minimum Gasteiger partial charge on any atom is -0.467 e. The number of aliphatic imine (C=N–C) groups is 1. The monoisotopic (exact) mass is 378 g/mol. The number of furan rings is 1. The Labute approximate surface area is 162 Å². The van der Waals surface area contributed by atoms with Gasteiger partial charge >= 0.3 is 0 Å². The molecule has 152 valence electrons. The smallest absolute Gasteiger partial charge is 0.222 e. The van der Waals surface area contributed by atoms with Crippen molar-refractivity contribution in [2.75, 3.05) is 39.3 Å². The summed E-state index contributed by atoms with van der Waals surface area (Å²) in [6, 6.07) is 3.77. The van der Waals surface area contributed by atoms with Crippen LogP contribution in [0.1, 0.15) is 51.2 Å². The molecule has 0 unspecified atom stereocenters. The molecule has 1 aromatic rings. The fourth-order valence-electron chi connectivity index (χ4n) is 3.02. The normalized spacial score (nSPS) is 15.7. The van der Waals surface area contributed by atoms with Gasteiger partial charge in [-0.05, 0) is 44.7 Å². The van der Waals surface area contributed by atoms with E-state index >= 15 is 0 Å². The van der Waals surface area contributed by atoms with E-state index in [1.165, 1.54) is 6.42 Å². The largest absolute Gasteiger partial charge is 0.467 e. The molecule has 1 saturated heterocycles. The molecule has 1 aliphatic heterocycles. The lowest BCUT2D eigenvalue weighted by molar-refractivity contribution is -0.130. The summed E-state index contributed by atoms with van der Waals surface area (Å²) in [5, 5.41) is 6.58. The molecule has 1 aliphatic rings. The standard InChI is InChI=1S/C20H34N4O3/c1-2-21-20(23-12-8-15-26-17-18-9-6-16-27-18)22-11-7-14-24-13-5-3-4-10-19(24)25/h6,9,16H,2-5,7-8,10-15,17H2,1H3,(H2,21,22,23). The molecule has 2 N–H and O–H groups in total. The lowest BCUT2D eigenvalue weighted by Crippen LogP contribution is -2.38. The predicted octanol–water partition coefficient (Wildman–Crippen LogP) is 2.53. The Morgan fingerprint density at radius 2 is 2.22 bits per heavy atom. The number of rotatable bonds is 11. The molecule has 1 amide bonds. The third-order valence-electron chi connectivity index (χ3n) is 4.45. The van der Waals surface area contributed by atoms with Gasteiger partial charge in [0.2, 0.25) is 5.91 Å². The van der Waals surface area contributed by atoms with Gasteiger partial charge in [0.15, 0.2) is 5.96 Å². The van der Waals surface area contributed by atoms with Gasteiger partial charge in [-0.3, -0.25) is 9.79 Å². The second-order valence-corrected chi connectivity index (χ2v) is 6.72. The first-order valence-corrected chi connectivity index (χ1v) is 10.2. The first-order valence-electron chi connectivity index (χ1n) is 10.2. The third-order valence-corrected chi connectivity index (χ3v) is 4.45. The topological polar surface area (TPSA) is 79.1 Å². The van der Waals surface area contributed by atoms with Crippen LogP contribution in [0.4, 0.5) is 0 Å². The lowest BCUT2D eigenvalue weighted by Gasteiger charge is -2.20. The Morgan fingerprint density at radius 1 is 1.30 bits per heavy atom. The van der Waals surface area contributed by atoms with Crippen LogP contribution in [-0.4, -0.2) is 56.1 Å². The van der Waals surface area contributed by atoms with Gasteiger partial charge in [0, 0.05) is 45.8 Å². The van der Waals surface area contributed by atoms with Gasteiger partial charge in [-0.1, -0.05) is 6.42 Å². The zero-order valence-electron chi connectivity index (χ0n) is 16.5. The minimum absolute atomic E-state index is 0.302. The van der Waals surface area contributed by atoms with Crippen LogP contribution in [-0.2, 0) is 16.1 Å². The van der Waals surface area contributed by atoms with Gasteiger partial charge in [0.05, 0.1) is 6.26 Å². The Hall–Kier alpha value is -2.02. The molecule has 0 aliphatic carbocycles. The molecule has 1 fully saturated rings. The Morgan fingerprint density at radius 3 is 3.04 bits per heavy atom. The molecule has 0 bridgehead atoms. The van der Waals surface area contributed by atoms with E-state index < -0.39 is 0 Å². The van der Waals surface area contributed by atoms with E-state index in [0.29, 0.717) is 32.1 Å². The fraction of sp³-hybridized carbons (Fsp3) is 0.700. The molecular formula is C20H34N4O3. The SMILES string of the molecule is CCNC(=NCCCN1CCCCCC1=O)NCCCOCc1ccco1. The van der Waals surface area contributed by atoms with E-state index in [9.17, 15) is 4.79 Å². The quantitative estimate of drug-likeness (QED) is 0.351. The molecule has 2 heterocycles. The van der Waals surface area contributed by atoms with Crippen LogP contribution in [0, 0.1) is 0 Å². The van der Waals surface area contributed by atoms with E-state index in [2.05, 4.69) is 22.5 Å². The zero-order valence-corrected chi connectivity index (χ0v) is 16.5. The molecule has 0 aromatic carbocycles. The van der Waals surface area contributed by atoms with Crippen molar-refractivity contribution in [3.05, 3.63) is 24.2 Å². The highest BCUT2D eigenvalue weighted by Crippen LogP contribution is 2.11. The van der Waals surface area contributed by atoms with Gasteiger partial charge in [0.25, 0.3) is 0 Å².